The number of nitrogens with two attached hydrogens (primary N) is 1. The zero-order valence-corrected chi connectivity index (χ0v) is 14.4. The van der Waals surface area contributed by atoms with Crippen LogP contribution in [0.1, 0.15) is 51.5 Å². The van der Waals surface area contributed by atoms with Crippen LogP contribution in [0.4, 0.5) is 5.69 Å². The summed E-state index contributed by atoms with van der Waals surface area (Å²) in [7, 11) is 0. The number of benzene rings is 2. The first-order valence-corrected chi connectivity index (χ1v) is 7.81. The molecule has 4 heteroatoms. The topological polar surface area (TPSA) is 55.1 Å². The number of carbonyl (C=O) groups is 1. The van der Waals surface area contributed by atoms with Gasteiger partial charge >= 0.3 is 0 Å². The summed E-state index contributed by atoms with van der Waals surface area (Å²) in [6.45, 7) is 3.97. The van der Waals surface area contributed by atoms with Gasteiger partial charge in [-0.3, -0.25) is 4.79 Å². The third kappa shape index (κ3) is 3.50. The number of nitrogen functional groups attached to an aromatic ring is 1. The number of carbonyl (C=O) groups excluding carboxylic acids is 1. The van der Waals surface area contributed by atoms with E-state index in [9.17, 15) is 4.79 Å². The van der Waals surface area contributed by atoms with Gasteiger partial charge in [-0.15, -0.1) is 12.4 Å². The second-order valence-corrected chi connectivity index (χ2v) is 6.14. The van der Waals surface area contributed by atoms with E-state index in [2.05, 4.69) is 11.4 Å². The lowest BCUT2D eigenvalue weighted by molar-refractivity contribution is 0.0931. The number of fused-ring (bicyclic) bond motifs is 1. The average Bonchev–Trinajstić information content (AvgIpc) is 2.47. The van der Waals surface area contributed by atoms with Crippen LogP contribution in [0, 0.1) is 13.8 Å². The van der Waals surface area contributed by atoms with Crippen LogP contribution < -0.4 is 11.1 Å². The van der Waals surface area contributed by atoms with E-state index in [1.165, 1.54) is 11.1 Å². The smallest absolute Gasteiger partial charge is 0.252 e. The molecule has 2 aromatic rings. The molecule has 0 saturated heterocycles. The number of halogens is 1. The summed E-state index contributed by atoms with van der Waals surface area (Å²) < 4.78 is 0. The van der Waals surface area contributed by atoms with Crippen LogP contribution in [0.2, 0.25) is 0 Å². The lowest BCUT2D eigenvalue weighted by atomic mass is 9.87. The van der Waals surface area contributed by atoms with Crippen molar-refractivity contribution in [3.05, 3.63) is 64.2 Å². The molecular formula is C19H23ClN2O. The standard InChI is InChI=1S/C19H22N2O.ClH/c1-12-5-3-6-13(2)18(12)19(22)21-17-8-4-7-14-11-15(20)9-10-16(14)17;/h3,5-6,9-11,17H,4,7-8,20H2,1-2H3,(H,21,22);1H. The fourth-order valence-corrected chi connectivity index (χ4v) is 3.39. The van der Waals surface area contributed by atoms with Crippen LogP contribution in [-0.2, 0) is 6.42 Å². The van der Waals surface area contributed by atoms with Crippen LogP contribution in [0.5, 0.6) is 0 Å². The Hall–Kier alpha value is -2.00. The second kappa shape index (κ2) is 7.05. The highest BCUT2D eigenvalue weighted by atomic mass is 35.5. The molecule has 3 nitrogen and oxygen atoms in total. The van der Waals surface area contributed by atoms with Crippen LogP contribution in [0.15, 0.2) is 36.4 Å². The predicted octanol–water partition coefficient (Wildman–Crippen LogP) is 4.11. The maximum absolute atomic E-state index is 12.7. The van der Waals surface area contributed by atoms with Gasteiger partial charge in [0.1, 0.15) is 0 Å². The first-order chi connectivity index (χ1) is 10.6. The normalized spacial score (nSPS) is 16.2. The van der Waals surface area contributed by atoms with Crippen molar-refractivity contribution in [2.24, 2.45) is 0 Å². The molecule has 3 rings (SSSR count). The Morgan fingerprint density at radius 3 is 2.57 bits per heavy atom. The van der Waals surface area contributed by atoms with E-state index < -0.39 is 0 Å². The number of hydrogen-bond donors (Lipinski definition) is 2. The molecule has 0 fully saturated rings. The molecule has 1 atom stereocenters. The average molecular weight is 331 g/mol. The molecule has 0 spiro atoms. The Labute approximate surface area is 143 Å². The molecule has 0 saturated carbocycles. The minimum Gasteiger partial charge on any atom is -0.399 e. The van der Waals surface area contributed by atoms with E-state index >= 15 is 0 Å². The first kappa shape index (κ1) is 17.4. The molecule has 1 aliphatic carbocycles. The van der Waals surface area contributed by atoms with Gasteiger partial charge in [0.2, 0.25) is 0 Å². The molecule has 0 radical (unpaired) electrons. The van der Waals surface area contributed by atoms with Gasteiger partial charge in [-0.1, -0.05) is 24.3 Å². The van der Waals surface area contributed by atoms with Gasteiger partial charge in [0, 0.05) is 11.3 Å². The molecular weight excluding hydrogens is 308 g/mol. The van der Waals surface area contributed by atoms with Crippen LogP contribution >= 0.6 is 12.4 Å². The van der Waals surface area contributed by atoms with E-state index in [4.69, 9.17) is 5.73 Å². The Morgan fingerprint density at radius 2 is 1.87 bits per heavy atom. The van der Waals surface area contributed by atoms with Gasteiger partial charge in [-0.25, -0.2) is 0 Å². The number of amides is 1. The van der Waals surface area contributed by atoms with E-state index in [1.807, 2.05) is 44.2 Å². The molecule has 2 aromatic carbocycles. The summed E-state index contributed by atoms with van der Waals surface area (Å²) in [6.07, 6.45) is 3.10. The number of aryl methyl sites for hydroxylation is 3. The van der Waals surface area contributed by atoms with Crippen molar-refractivity contribution in [3.63, 3.8) is 0 Å². The molecule has 1 amide bonds. The molecule has 3 N–H and O–H groups in total. The summed E-state index contributed by atoms with van der Waals surface area (Å²) in [5.74, 6) is 0.0188. The monoisotopic (exact) mass is 330 g/mol. The van der Waals surface area contributed by atoms with Crippen molar-refractivity contribution in [2.75, 3.05) is 5.73 Å². The Bertz CT molecular complexity index is 707. The lowest BCUT2D eigenvalue weighted by Gasteiger charge is -2.27. The molecule has 122 valence electrons. The molecule has 0 bridgehead atoms. The first-order valence-electron chi connectivity index (χ1n) is 7.81. The molecule has 23 heavy (non-hydrogen) atoms. The van der Waals surface area contributed by atoms with Crippen LogP contribution in [-0.4, -0.2) is 5.91 Å². The zero-order chi connectivity index (χ0) is 15.7. The quantitative estimate of drug-likeness (QED) is 0.814. The maximum atomic E-state index is 12.7. The minimum atomic E-state index is 0. The van der Waals surface area contributed by atoms with Crippen molar-refractivity contribution < 1.29 is 4.79 Å². The highest BCUT2D eigenvalue weighted by Gasteiger charge is 2.23. The molecule has 1 unspecified atom stereocenters. The van der Waals surface area contributed by atoms with Gasteiger partial charge in [-0.2, -0.15) is 0 Å². The fraction of sp³-hybridized carbons (Fsp3) is 0.316. The summed E-state index contributed by atoms with van der Waals surface area (Å²) >= 11 is 0. The largest absolute Gasteiger partial charge is 0.399 e. The van der Waals surface area contributed by atoms with Crippen LogP contribution in [0.3, 0.4) is 0 Å². The van der Waals surface area contributed by atoms with Gasteiger partial charge in [-0.05, 0) is 67.5 Å². The Kier molecular flexibility index (Phi) is 5.32. The summed E-state index contributed by atoms with van der Waals surface area (Å²) in [5, 5.41) is 3.21. The van der Waals surface area contributed by atoms with Crippen molar-refractivity contribution in [1.82, 2.24) is 5.32 Å². The van der Waals surface area contributed by atoms with Gasteiger partial charge in [0.15, 0.2) is 0 Å². The highest BCUT2D eigenvalue weighted by Crippen LogP contribution is 2.31. The maximum Gasteiger partial charge on any atom is 0.252 e. The van der Waals surface area contributed by atoms with E-state index in [0.29, 0.717) is 0 Å². The van der Waals surface area contributed by atoms with Crippen molar-refractivity contribution in [3.8, 4) is 0 Å². The fourth-order valence-electron chi connectivity index (χ4n) is 3.39. The summed E-state index contributed by atoms with van der Waals surface area (Å²) in [5.41, 5.74) is 12.0. The van der Waals surface area contributed by atoms with Gasteiger partial charge in [0.25, 0.3) is 5.91 Å². The summed E-state index contributed by atoms with van der Waals surface area (Å²) in [4.78, 5) is 12.7. The molecule has 0 heterocycles. The van der Waals surface area contributed by atoms with Crippen molar-refractivity contribution in [2.45, 2.75) is 39.2 Å². The molecule has 1 aliphatic rings. The summed E-state index contributed by atoms with van der Waals surface area (Å²) in [6, 6.07) is 12.0. The Morgan fingerprint density at radius 1 is 1.17 bits per heavy atom. The molecule has 0 aliphatic heterocycles. The third-order valence-corrected chi connectivity index (χ3v) is 4.49. The highest BCUT2D eigenvalue weighted by molar-refractivity contribution is 5.97. The Balaban J connectivity index is 0.00000192. The minimum absolute atomic E-state index is 0. The number of rotatable bonds is 2. The van der Waals surface area contributed by atoms with Crippen molar-refractivity contribution >= 4 is 24.0 Å². The zero-order valence-electron chi connectivity index (χ0n) is 13.6. The predicted molar refractivity (Wildman–Crippen MR) is 97.2 cm³/mol. The lowest BCUT2D eigenvalue weighted by Crippen LogP contribution is -2.32. The number of anilines is 1. The van der Waals surface area contributed by atoms with Crippen molar-refractivity contribution in [1.29, 1.82) is 0 Å². The van der Waals surface area contributed by atoms with E-state index in [-0.39, 0.29) is 24.4 Å². The van der Waals surface area contributed by atoms with E-state index in [0.717, 1.165) is 41.6 Å². The van der Waals surface area contributed by atoms with Gasteiger partial charge < -0.3 is 11.1 Å². The third-order valence-electron chi connectivity index (χ3n) is 4.49. The van der Waals surface area contributed by atoms with Crippen LogP contribution in [0.25, 0.3) is 0 Å². The number of hydrogen-bond acceptors (Lipinski definition) is 2. The van der Waals surface area contributed by atoms with E-state index in [1.54, 1.807) is 0 Å². The number of nitrogens with one attached hydrogen (secondary N) is 1. The second-order valence-electron chi connectivity index (χ2n) is 6.14. The SMILES string of the molecule is Cc1cccc(C)c1C(=O)NC1CCCc2cc(N)ccc21.Cl. The molecule has 0 aromatic heterocycles. The van der Waals surface area contributed by atoms with Gasteiger partial charge in [0.05, 0.1) is 6.04 Å².